The molecule has 3 N–H and O–H groups in total. The summed E-state index contributed by atoms with van der Waals surface area (Å²) in [6.45, 7) is 3.51. The number of hydrogen-bond acceptors (Lipinski definition) is 3. The number of aromatic amines is 1. The fourth-order valence-corrected chi connectivity index (χ4v) is 2.41. The Morgan fingerprint density at radius 2 is 1.95 bits per heavy atom. The van der Waals surface area contributed by atoms with Crippen molar-refractivity contribution in [3.8, 4) is 11.1 Å². The first-order valence-corrected chi connectivity index (χ1v) is 6.99. The Kier molecular flexibility index (Phi) is 3.42. The fourth-order valence-electron chi connectivity index (χ4n) is 2.41. The van der Waals surface area contributed by atoms with Crippen LogP contribution in [0.2, 0.25) is 0 Å². The van der Waals surface area contributed by atoms with Crippen LogP contribution in [-0.2, 0) is 10.4 Å². The largest absolute Gasteiger partial charge is 0.386 e. The molecule has 5 nitrogen and oxygen atoms in total. The summed E-state index contributed by atoms with van der Waals surface area (Å²) in [6.07, 6.45) is 4.14. The van der Waals surface area contributed by atoms with Crippen molar-refractivity contribution < 1.29 is 9.90 Å². The molecule has 0 saturated heterocycles. The molecule has 0 bridgehead atoms. The highest BCUT2D eigenvalue weighted by molar-refractivity contribution is 5.96. The summed E-state index contributed by atoms with van der Waals surface area (Å²) in [7, 11) is 0. The van der Waals surface area contributed by atoms with Gasteiger partial charge in [0, 0.05) is 23.3 Å². The molecule has 0 unspecified atom stereocenters. The van der Waals surface area contributed by atoms with E-state index in [2.05, 4.69) is 15.3 Å². The van der Waals surface area contributed by atoms with Gasteiger partial charge in [0.25, 0.3) is 0 Å². The molecular formula is C17H17N3O2. The molecule has 22 heavy (non-hydrogen) atoms. The molecule has 0 aliphatic heterocycles. The number of rotatable bonds is 4. The van der Waals surface area contributed by atoms with Gasteiger partial charge in [0.2, 0.25) is 6.41 Å². The highest BCUT2D eigenvalue weighted by Gasteiger charge is 2.15. The van der Waals surface area contributed by atoms with Crippen molar-refractivity contribution in [2.75, 3.05) is 5.32 Å². The standard InChI is InChI=1S/C17H17N3O2/c1-17(2,22)13-5-3-11(4-6-13)12-7-14-15(20-10-21)9-19-16(14)18-8-12/h3-10,22H,1-2H3,(H,18,19)(H,20,21). The first-order valence-electron chi connectivity index (χ1n) is 6.99. The van der Waals surface area contributed by atoms with Crippen LogP contribution in [0.25, 0.3) is 22.2 Å². The second-order valence-electron chi connectivity index (χ2n) is 5.72. The molecule has 0 aliphatic carbocycles. The van der Waals surface area contributed by atoms with Gasteiger partial charge in [0.15, 0.2) is 0 Å². The molecule has 3 rings (SSSR count). The molecule has 0 fully saturated rings. The number of benzene rings is 1. The quantitative estimate of drug-likeness (QED) is 0.647. The number of anilines is 1. The van der Waals surface area contributed by atoms with Gasteiger partial charge in [-0.25, -0.2) is 4.98 Å². The molecule has 0 radical (unpaired) electrons. The Morgan fingerprint density at radius 3 is 2.59 bits per heavy atom. The van der Waals surface area contributed by atoms with Gasteiger partial charge in [-0.2, -0.15) is 0 Å². The number of amides is 1. The average molecular weight is 295 g/mol. The number of H-pyrrole nitrogens is 1. The summed E-state index contributed by atoms with van der Waals surface area (Å²) in [5, 5.41) is 13.5. The van der Waals surface area contributed by atoms with Gasteiger partial charge in [-0.1, -0.05) is 24.3 Å². The van der Waals surface area contributed by atoms with Crippen molar-refractivity contribution in [3.63, 3.8) is 0 Å². The predicted molar refractivity (Wildman–Crippen MR) is 86.5 cm³/mol. The van der Waals surface area contributed by atoms with Gasteiger partial charge in [0.1, 0.15) is 5.65 Å². The van der Waals surface area contributed by atoms with Gasteiger partial charge < -0.3 is 15.4 Å². The molecule has 0 saturated carbocycles. The number of hydrogen-bond donors (Lipinski definition) is 3. The number of aromatic nitrogens is 2. The first kappa shape index (κ1) is 14.3. The number of fused-ring (bicyclic) bond motifs is 1. The number of pyridine rings is 1. The second-order valence-corrected chi connectivity index (χ2v) is 5.72. The van der Waals surface area contributed by atoms with Gasteiger partial charge in [-0.05, 0) is 31.0 Å². The molecule has 0 aliphatic rings. The van der Waals surface area contributed by atoms with E-state index < -0.39 is 5.60 Å². The van der Waals surface area contributed by atoms with Crippen LogP contribution in [0, 0.1) is 0 Å². The number of carbonyl (C=O) groups is 1. The molecule has 1 aromatic carbocycles. The summed E-state index contributed by atoms with van der Waals surface area (Å²) in [5.74, 6) is 0. The molecule has 0 atom stereocenters. The molecule has 3 aromatic rings. The average Bonchev–Trinajstić information content (AvgIpc) is 2.89. The highest BCUT2D eigenvalue weighted by Crippen LogP contribution is 2.28. The van der Waals surface area contributed by atoms with Gasteiger partial charge >= 0.3 is 0 Å². The molecule has 0 spiro atoms. The topological polar surface area (TPSA) is 78.0 Å². The lowest BCUT2D eigenvalue weighted by Gasteiger charge is -2.17. The van der Waals surface area contributed by atoms with Crippen LogP contribution in [-0.4, -0.2) is 21.5 Å². The Bertz CT molecular complexity index is 814. The SMILES string of the molecule is CC(C)(O)c1ccc(-c2cnc3[nH]cc(NC=O)c3c2)cc1. The van der Waals surface area contributed by atoms with E-state index >= 15 is 0 Å². The van der Waals surface area contributed by atoms with Crippen molar-refractivity contribution in [3.05, 3.63) is 48.3 Å². The normalized spacial score (nSPS) is 11.6. The van der Waals surface area contributed by atoms with E-state index in [1.165, 1.54) is 0 Å². The van der Waals surface area contributed by atoms with Gasteiger partial charge in [-0.3, -0.25) is 4.79 Å². The van der Waals surface area contributed by atoms with E-state index in [1.807, 2.05) is 30.3 Å². The Morgan fingerprint density at radius 1 is 1.23 bits per heavy atom. The van der Waals surface area contributed by atoms with E-state index in [1.54, 1.807) is 26.2 Å². The maximum Gasteiger partial charge on any atom is 0.211 e. The van der Waals surface area contributed by atoms with E-state index in [0.717, 1.165) is 27.7 Å². The van der Waals surface area contributed by atoms with Crippen molar-refractivity contribution in [2.45, 2.75) is 19.4 Å². The first-order chi connectivity index (χ1) is 10.5. The van der Waals surface area contributed by atoms with Crippen LogP contribution < -0.4 is 5.32 Å². The minimum absolute atomic E-state index is 0.646. The van der Waals surface area contributed by atoms with Crippen molar-refractivity contribution in [1.82, 2.24) is 9.97 Å². The molecular weight excluding hydrogens is 278 g/mol. The second kappa shape index (κ2) is 5.27. The lowest BCUT2D eigenvalue weighted by Crippen LogP contribution is -2.14. The molecule has 1 amide bonds. The predicted octanol–water partition coefficient (Wildman–Crippen LogP) is 3.03. The van der Waals surface area contributed by atoms with E-state index in [9.17, 15) is 9.90 Å². The summed E-state index contributed by atoms with van der Waals surface area (Å²) in [4.78, 5) is 18.0. The van der Waals surface area contributed by atoms with E-state index in [4.69, 9.17) is 0 Å². The van der Waals surface area contributed by atoms with Crippen LogP contribution in [0.1, 0.15) is 19.4 Å². The molecule has 2 aromatic heterocycles. The van der Waals surface area contributed by atoms with E-state index in [-0.39, 0.29) is 0 Å². The highest BCUT2D eigenvalue weighted by atomic mass is 16.3. The maximum atomic E-state index is 10.6. The van der Waals surface area contributed by atoms with Gasteiger partial charge in [-0.15, -0.1) is 0 Å². The monoisotopic (exact) mass is 295 g/mol. The minimum atomic E-state index is -0.859. The third-order valence-electron chi connectivity index (χ3n) is 3.67. The lowest BCUT2D eigenvalue weighted by molar-refractivity contribution is -0.105. The Labute approximate surface area is 128 Å². The summed E-state index contributed by atoms with van der Waals surface area (Å²) < 4.78 is 0. The smallest absolute Gasteiger partial charge is 0.211 e. The molecule has 2 heterocycles. The zero-order valence-corrected chi connectivity index (χ0v) is 12.4. The Balaban J connectivity index is 2.02. The van der Waals surface area contributed by atoms with Crippen LogP contribution in [0.5, 0.6) is 0 Å². The summed E-state index contributed by atoms with van der Waals surface area (Å²) in [5.41, 5.74) is 3.37. The molecule has 5 heteroatoms. The summed E-state index contributed by atoms with van der Waals surface area (Å²) >= 11 is 0. The summed E-state index contributed by atoms with van der Waals surface area (Å²) in [6, 6.07) is 9.69. The zero-order chi connectivity index (χ0) is 15.7. The minimum Gasteiger partial charge on any atom is -0.386 e. The van der Waals surface area contributed by atoms with Crippen LogP contribution in [0.15, 0.2) is 42.7 Å². The zero-order valence-electron chi connectivity index (χ0n) is 12.4. The van der Waals surface area contributed by atoms with E-state index in [0.29, 0.717) is 12.1 Å². The number of nitrogens with zero attached hydrogens (tertiary/aromatic N) is 1. The molecule has 112 valence electrons. The number of aliphatic hydroxyl groups is 1. The van der Waals surface area contributed by atoms with Crippen LogP contribution in [0.4, 0.5) is 5.69 Å². The third-order valence-corrected chi connectivity index (χ3v) is 3.67. The van der Waals surface area contributed by atoms with Crippen molar-refractivity contribution in [2.24, 2.45) is 0 Å². The number of carbonyl (C=O) groups excluding carboxylic acids is 1. The van der Waals surface area contributed by atoms with Crippen molar-refractivity contribution in [1.29, 1.82) is 0 Å². The third kappa shape index (κ3) is 2.58. The lowest BCUT2D eigenvalue weighted by atomic mass is 9.96. The van der Waals surface area contributed by atoms with Gasteiger partial charge in [0.05, 0.1) is 11.3 Å². The van der Waals surface area contributed by atoms with Crippen molar-refractivity contribution >= 4 is 23.1 Å². The van der Waals surface area contributed by atoms with Crippen LogP contribution in [0.3, 0.4) is 0 Å². The Hall–Kier alpha value is -2.66. The fraction of sp³-hybridized carbons (Fsp3) is 0.176. The maximum absolute atomic E-state index is 10.6. The van der Waals surface area contributed by atoms with Crippen LogP contribution >= 0.6 is 0 Å². The number of nitrogens with one attached hydrogen (secondary N) is 2.